The maximum Gasteiger partial charge on any atom is 0.279 e. The quantitative estimate of drug-likeness (QED) is 0.870. The zero-order valence-electron chi connectivity index (χ0n) is 12.7. The van der Waals surface area contributed by atoms with E-state index in [1.54, 1.807) is 12.3 Å². The molecule has 0 aliphatic carbocycles. The van der Waals surface area contributed by atoms with Crippen LogP contribution in [0.25, 0.3) is 0 Å². The molecule has 2 saturated heterocycles. The van der Waals surface area contributed by atoms with Gasteiger partial charge in [-0.1, -0.05) is 0 Å². The molecule has 0 atom stereocenters. The number of hydrogen-bond donors (Lipinski definition) is 1. The minimum atomic E-state index is -3.39. The molecule has 0 bridgehead atoms. The Kier molecular flexibility index (Phi) is 4.90. The standard InChI is InChI=1S/C14H23N5O2S/c20-22(21,19-10-4-5-11-19)16-12-13-6-7-15-14(17-13)18-8-2-1-3-9-18/h6-7,16H,1-5,8-12H2. The molecule has 0 saturated carbocycles. The molecule has 1 aromatic rings. The first-order valence-electron chi connectivity index (χ1n) is 7.97. The highest BCUT2D eigenvalue weighted by atomic mass is 32.2. The minimum absolute atomic E-state index is 0.211. The van der Waals surface area contributed by atoms with Gasteiger partial charge in [0.1, 0.15) is 0 Å². The smallest absolute Gasteiger partial charge is 0.279 e. The van der Waals surface area contributed by atoms with Gasteiger partial charge < -0.3 is 4.90 Å². The first-order valence-corrected chi connectivity index (χ1v) is 9.41. The van der Waals surface area contributed by atoms with Crippen LogP contribution in [0.5, 0.6) is 0 Å². The maximum atomic E-state index is 12.2. The van der Waals surface area contributed by atoms with Crippen LogP contribution in [0.1, 0.15) is 37.8 Å². The van der Waals surface area contributed by atoms with Gasteiger partial charge in [0.25, 0.3) is 10.2 Å². The summed E-state index contributed by atoms with van der Waals surface area (Å²) in [6.45, 7) is 3.38. The number of rotatable bonds is 5. The highest BCUT2D eigenvalue weighted by Gasteiger charge is 2.24. The average Bonchev–Trinajstić information content (AvgIpc) is 3.10. The van der Waals surface area contributed by atoms with E-state index < -0.39 is 10.2 Å². The topological polar surface area (TPSA) is 78.4 Å². The number of aromatic nitrogens is 2. The largest absolute Gasteiger partial charge is 0.341 e. The van der Waals surface area contributed by atoms with Gasteiger partial charge >= 0.3 is 0 Å². The van der Waals surface area contributed by atoms with E-state index in [0.717, 1.165) is 38.8 Å². The van der Waals surface area contributed by atoms with Gasteiger partial charge in [0.05, 0.1) is 12.2 Å². The summed E-state index contributed by atoms with van der Waals surface area (Å²) in [4.78, 5) is 11.0. The molecule has 0 spiro atoms. The van der Waals surface area contributed by atoms with Crippen molar-refractivity contribution in [2.75, 3.05) is 31.1 Å². The van der Waals surface area contributed by atoms with Crippen molar-refractivity contribution in [3.05, 3.63) is 18.0 Å². The van der Waals surface area contributed by atoms with Crippen molar-refractivity contribution in [3.8, 4) is 0 Å². The molecule has 0 unspecified atom stereocenters. The molecule has 22 heavy (non-hydrogen) atoms. The second-order valence-electron chi connectivity index (χ2n) is 5.83. The summed E-state index contributed by atoms with van der Waals surface area (Å²) in [6.07, 6.45) is 7.16. The Morgan fingerprint density at radius 2 is 1.73 bits per heavy atom. The number of anilines is 1. The van der Waals surface area contributed by atoms with Crippen LogP contribution >= 0.6 is 0 Å². The van der Waals surface area contributed by atoms with Crippen LogP contribution in [0.15, 0.2) is 12.3 Å². The van der Waals surface area contributed by atoms with Gasteiger partial charge in [-0.3, -0.25) is 0 Å². The van der Waals surface area contributed by atoms with Crippen LogP contribution in [-0.4, -0.2) is 48.9 Å². The molecule has 122 valence electrons. The fourth-order valence-corrected chi connectivity index (χ4v) is 4.17. The van der Waals surface area contributed by atoms with Crippen molar-refractivity contribution in [2.24, 2.45) is 0 Å². The number of piperidine rings is 1. The second-order valence-corrected chi connectivity index (χ2v) is 7.58. The summed E-state index contributed by atoms with van der Waals surface area (Å²) in [5.41, 5.74) is 0.707. The van der Waals surface area contributed by atoms with Crippen LogP contribution in [0.3, 0.4) is 0 Å². The molecule has 1 N–H and O–H groups in total. The van der Waals surface area contributed by atoms with Gasteiger partial charge in [-0.25, -0.2) is 9.97 Å². The summed E-state index contributed by atoms with van der Waals surface area (Å²) in [5, 5.41) is 0. The van der Waals surface area contributed by atoms with Crippen LogP contribution in [0, 0.1) is 0 Å². The number of hydrogen-bond acceptors (Lipinski definition) is 5. The Bertz CT molecular complexity index is 595. The summed E-state index contributed by atoms with van der Waals surface area (Å²) in [5.74, 6) is 0.706. The lowest BCUT2D eigenvalue weighted by Crippen LogP contribution is -2.38. The predicted octanol–water partition coefficient (Wildman–Crippen LogP) is 0.897. The van der Waals surface area contributed by atoms with Crippen LogP contribution < -0.4 is 9.62 Å². The Morgan fingerprint density at radius 3 is 2.45 bits per heavy atom. The van der Waals surface area contributed by atoms with E-state index in [1.807, 2.05) is 0 Å². The summed E-state index contributed by atoms with van der Waals surface area (Å²) in [7, 11) is -3.39. The highest BCUT2D eigenvalue weighted by molar-refractivity contribution is 7.87. The lowest BCUT2D eigenvalue weighted by atomic mass is 10.1. The minimum Gasteiger partial charge on any atom is -0.341 e. The Labute approximate surface area is 131 Å². The third-order valence-electron chi connectivity index (χ3n) is 4.18. The lowest BCUT2D eigenvalue weighted by Gasteiger charge is -2.26. The van der Waals surface area contributed by atoms with Crippen molar-refractivity contribution in [1.82, 2.24) is 19.0 Å². The SMILES string of the molecule is O=S(=O)(NCc1ccnc(N2CCCCC2)n1)N1CCCC1. The molecule has 8 heteroatoms. The summed E-state index contributed by atoms with van der Waals surface area (Å²) < 4.78 is 28.4. The van der Waals surface area contributed by atoms with Crippen LogP contribution in [0.4, 0.5) is 5.95 Å². The number of nitrogens with one attached hydrogen (secondary N) is 1. The lowest BCUT2D eigenvalue weighted by molar-refractivity contribution is 0.464. The van der Waals surface area contributed by atoms with Crippen LogP contribution in [-0.2, 0) is 16.8 Å². The highest BCUT2D eigenvalue weighted by Crippen LogP contribution is 2.16. The maximum absolute atomic E-state index is 12.2. The van der Waals surface area contributed by atoms with E-state index in [1.165, 1.54) is 10.7 Å². The summed E-state index contributed by atoms with van der Waals surface area (Å²) in [6, 6.07) is 1.76. The van der Waals surface area contributed by atoms with Gasteiger partial charge in [-0.05, 0) is 38.2 Å². The molecule has 3 heterocycles. The predicted molar refractivity (Wildman–Crippen MR) is 84.7 cm³/mol. The van der Waals surface area contributed by atoms with E-state index in [-0.39, 0.29) is 6.54 Å². The zero-order valence-corrected chi connectivity index (χ0v) is 13.6. The molecule has 3 rings (SSSR count). The van der Waals surface area contributed by atoms with Crippen molar-refractivity contribution in [2.45, 2.75) is 38.6 Å². The van der Waals surface area contributed by atoms with E-state index in [0.29, 0.717) is 24.7 Å². The van der Waals surface area contributed by atoms with E-state index in [2.05, 4.69) is 19.6 Å². The molecule has 2 aliphatic heterocycles. The number of nitrogens with zero attached hydrogens (tertiary/aromatic N) is 4. The van der Waals surface area contributed by atoms with Gasteiger partial charge in [-0.2, -0.15) is 17.4 Å². The van der Waals surface area contributed by atoms with Crippen molar-refractivity contribution in [3.63, 3.8) is 0 Å². The Morgan fingerprint density at radius 1 is 1.05 bits per heavy atom. The fourth-order valence-electron chi connectivity index (χ4n) is 2.91. The average molecular weight is 325 g/mol. The third kappa shape index (κ3) is 3.74. The van der Waals surface area contributed by atoms with Gasteiger partial charge in [0.2, 0.25) is 5.95 Å². The molecule has 0 aromatic carbocycles. The van der Waals surface area contributed by atoms with Crippen molar-refractivity contribution >= 4 is 16.2 Å². The molecular formula is C14H23N5O2S. The van der Waals surface area contributed by atoms with Gasteiger partial charge in [-0.15, -0.1) is 0 Å². The molecular weight excluding hydrogens is 302 g/mol. The molecule has 0 amide bonds. The monoisotopic (exact) mass is 325 g/mol. The zero-order chi connectivity index (χ0) is 15.4. The molecule has 7 nitrogen and oxygen atoms in total. The normalized spacial score (nSPS) is 20.5. The molecule has 2 aliphatic rings. The summed E-state index contributed by atoms with van der Waals surface area (Å²) >= 11 is 0. The Balaban J connectivity index is 1.62. The second kappa shape index (κ2) is 6.89. The molecule has 2 fully saturated rings. The molecule has 0 radical (unpaired) electrons. The van der Waals surface area contributed by atoms with Gasteiger partial charge in [0.15, 0.2) is 0 Å². The van der Waals surface area contributed by atoms with Crippen LogP contribution in [0.2, 0.25) is 0 Å². The first kappa shape index (κ1) is 15.6. The fraction of sp³-hybridized carbons (Fsp3) is 0.714. The van der Waals surface area contributed by atoms with E-state index in [9.17, 15) is 8.42 Å². The Hall–Kier alpha value is -1.25. The third-order valence-corrected chi connectivity index (χ3v) is 5.73. The van der Waals surface area contributed by atoms with Gasteiger partial charge in [0, 0.05) is 32.4 Å². The van der Waals surface area contributed by atoms with E-state index >= 15 is 0 Å². The first-order chi connectivity index (χ1) is 10.6. The van der Waals surface area contributed by atoms with Crippen molar-refractivity contribution in [1.29, 1.82) is 0 Å². The van der Waals surface area contributed by atoms with Crippen molar-refractivity contribution < 1.29 is 8.42 Å². The van der Waals surface area contributed by atoms with E-state index in [4.69, 9.17) is 0 Å². The molecule has 1 aromatic heterocycles.